The van der Waals surface area contributed by atoms with Crippen LogP contribution < -0.4 is 10.1 Å². The number of amides is 1. The third-order valence-electron chi connectivity index (χ3n) is 6.14. The number of methoxy groups -OCH3 is 1. The van der Waals surface area contributed by atoms with Crippen LogP contribution in [0.4, 0.5) is 4.39 Å². The van der Waals surface area contributed by atoms with Crippen LogP contribution >= 0.6 is 0 Å². The van der Waals surface area contributed by atoms with Gasteiger partial charge in [0.15, 0.2) is 5.54 Å². The lowest BCUT2D eigenvalue weighted by Crippen LogP contribution is -2.60. The van der Waals surface area contributed by atoms with E-state index < -0.39 is 5.54 Å². The van der Waals surface area contributed by atoms with E-state index in [1.165, 1.54) is 12.1 Å². The number of imidazole rings is 1. The average molecular weight is 445 g/mol. The van der Waals surface area contributed by atoms with Crippen molar-refractivity contribution in [3.8, 4) is 11.4 Å². The molecule has 1 atom stereocenters. The first-order chi connectivity index (χ1) is 16.0. The molecular weight excluding hydrogens is 421 g/mol. The van der Waals surface area contributed by atoms with Gasteiger partial charge in [-0.15, -0.1) is 0 Å². The Balaban J connectivity index is 1.44. The molecule has 168 valence electrons. The minimum absolute atomic E-state index is 0.246. The van der Waals surface area contributed by atoms with Crippen molar-refractivity contribution < 1.29 is 13.9 Å². The molecule has 33 heavy (non-hydrogen) atoms. The Morgan fingerprint density at radius 3 is 2.73 bits per heavy atom. The van der Waals surface area contributed by atoms with E-state index >= 15 is 0 Å². The van der Waals surface area contributed by atoms with Crippen LogP contribution in [0.5, 0.6) is 5.75 Å². The Kier molecular flexibility index (Phi) is 5.30. The Morgan fingerprint density at radius 1 is 1.18 bits per heavy atom. The lowest BCUT2D eigenvalue weighted by Gasteiger charge is -2.42. The summed E-state index contributed by atoms with van der Waals surface area (Å²) in [6.07, 6.45) is 7.46. The Bertz CT molecular complexity index is 1260. The van der Waals surface area contributed by atoms with Crippen molar-refractivity contribution in [3.05, 3.63) is 83.7 Å². The molecule has 1 aromatic heterocycles. The van der Waals surface area contributed by atoms with Crippen LogP contribution in [0.3, 0.4) is 0 Å². The topological polar surface area (TPSA) is 71.8 Å². The van der Waals surface area contributed by atoms with Gasteiger partial charge in [0.05, 0.1) is 24.8 Å². The highest BCUT2D eigenvalue weighted by Gasteiger charge is 2.52. The number of carbonyl (C=O) groups is 1. The number of nitrogens with zero attached hydrogens (tertiary/aromatic N) is 4. The smallest absolute Gasteiger partial charge is 0.279 e. The van der Waals surface area contributed by atoms with E-state index in [1.807, 2.05) is 52.9 Å². The number of amidine groups is 1. The number of benzene rings is 2. The quantitative estimate of drug-likeness (QED) is 0.654. The minimum Gasteiger partial charge on any atom is -0.495 e. The summed E-state index contributed by atoms with van der Waals surface area (Å²) in [7, 11) is 1.63. The molecule has 1 saturated heterocycles. The van der Waals surface area contributed by atoms with Gasteiger partial charge in [-0.3, -0.25) is 4.79 Å². The van der Waals surface area contributed by atoms with E-state index in [0.717, 1.165) is 29.1 Å². The monoisotopic (exact) mass is 445 g/mol. The number of aryl methyl sites for hydroxylation is 1. The van der Waals surface area contributed by atoms with Crippen molar-refractivity contribution in [2.24, 2.45) is 4.99 Å². The standard InChI is InChI=1S/C25H24FN5O2/c1-17-14-30(16-28-17)21-9-3-18(13-22(21)33-2)4-10-23-29-24(32)25(15-27-11-12-31(23)25)19-5-7-20(26)8-6-19/h3-10,13-14,16,27H,11-12,15H2,1-2H3/b10-4+. The first-order valence-electron chi connectivity index (χ1n) is 10.8. The summed E-state index contributed by atoms with van der Waals surface area (Å²) in [6, 6.07) is 12.0. The summed E-state index contributed by atoms with van der Waals surface area (Å²) in [4.78, 5) is 23.8. The van der Waals surface area contributed by atoms with Crippen molar-refractivity contribution >= 4 is 17.8 Å². The summed E-state index contributed by atoms with van der Waals surface area (Å²) >= 11 is 0. The number of halogens is 1. The number of aliphatic imine (C=N–C) groups is 1. The summed E-state index contributed by atoms with van der Waals surface area (Å²) in [5, 5.41) is 3.30. The van der Waals surface area contributed by atoms with Gasteiger partial charge in [-0.05, 0) is 48.4 Å². The van der Waals surface area contributed by atoms with E-state index in [9.17, 15) is 9.18 Å². The molecule has 0 aliphatic carbocycles. The van der Waals surface area contributed by atoms with Crippen molar-refractivity contribution in [2.75, 3.05) is 26.7 Å². The molecule has 0 radical (unpaired) electrons. The predicted octanol–water partition coefficient (Wildman–Crippen LogP) is 3.08. The fourth-order valence-electron chi connectivity index (χ4n) is 4.47. The first-order valence-corrected chi connectivity index (χ1v) is 10.8. The van der Waals surface area contributed by atoms with Crippen molar-refractivity contribution in [1.29, 1.82) is 0 Å². The van der Waals surface area contributed by atoms with Crippen LogP contribution in [0, 0.1) is 12.7 Å². The van der Waals surface area contributed by atoms with Gasteiger partial charge < -0.3 is 19.5 Å². The molecule has 7 nitrogen and oxygen atoms in total. The van der Waals surface area contributed by atoms with Gasteiger partial charge in [-0.2, -0.15) is 4.99 Å². The van der Waals surface area contributed by atoms with E-state index in [-0.39, 0.29) is 11.7 Å². The zero-order valence-corrected chi connectivity index (χ0v) is 18.5. The van der Waals surface area contributed by atoms with Crippen LogP contribution in [0.25, 0.3) is 11.8 Å². The molecule has 1 amide bonds. The summed E-state index contributed by atoms with van der Waals surface area (Å²) in [6.45, 7) is 3.71. The molecule has 8 heteroatoms. The molecule has 1 N–H and O–H groups in total. The summed E-state index contributed by atoms with van der Waals surface area (Å²) < 4.78 is 21.0. The Labute approximate surface area is 191 Å². The molecule has 0 bridgehead atoms. The van der Waals surface area contributed by atoms with Gasteiger partial charge >= 0.3 is 0 Å². The molecule has 0 saturated carbocycles. The van der Waals surface area contributed by atoms with Crippen LogP contribution in [0.15, 0.2) is 66.1 Å². The second-order valence-electron chi connectivity index (χ2n) is 8.16. The van der Waals surface area contributed by atoms with Crippen molar-refractivity contribution in [1.82, 2.24) is 19.8 Å². The molecule has 2 aliphatic rings. The first kappa shape index (κ1) is 21.1. The number of hydrogen-bond donors (Lipinski definition) is 1. The summed E-state index contributed by atoms with van der Waals surface area (Å²) in [5.74, 6) is 0.727. The van der Waals surface area contributed by atoms with Gasteiger partial charge in [-0.25, -0.2) is 9.37 Å². The third kappa shape index (κ3) is 3.62. The van der Waals surface area contributed by atoms with Gasteiger partial charge in [-0.1, -0.05) is 24.3 Å². The number of piperazine rings is 1. The van der Waals surface area contributed by atoms with E-state index in [0.29, 0.717) is 24.7 Å². The average Bonchev–Trinajstić information content (AvgIpc) is 3.39. The maximum Gasteiger partial charge on any atom is 0.279 e. The maximum absolute atomic E-state index is 13.5. The number of aromatic nitrogens is 2. The zero-order chi connectivity index (χ0) is 23.0. The molecule has 3 aromatic rings. The van der Waals surface area contributed by atoms with E-state index in [4.69, 9.17) is 4.74 Å². The van der Waals surface area contributed by atoms with E-state index in [1.54, 1.807) is 25.6 Å². The predicted molar refractivity (Wildman–Crippen MR) is 124 cm³/mol. The number of carbonyl (C=O) groups excluding carboxylic acids is 1. The Morgan fingerprint density at radius 2 is 2.00 bits per heavy atom. The maximum atomic E-state index is 13.5. The number of ether oxygens (including phenoxy) is 1. The molecule has 3 heterocycles. The fourth-order valence-corrected chi connectivity index (χ4v) is 4.47. The highest BCUT2D eigenvalue weighted by Crippen LogP contribution is 2.36. The molecule has 2 aromatic carbocycles. The molecule has 0 spiro atoms. The molecule has 1 unspecified atom stereocenters. The fraction of sp³-hybridized carbons (Fsp3) is 0.240. The lowest BCUT2D eigenvalue weighted by atomic mass is 9.86. The molecule has 1 fully saturated rings. The molecule has 5 rings (SSSR count). The molecular formula is C25H24FN5O2. The number of rotatable bonds is 5. The molecule has 2 aliphatic heterocycles. The normalized spacial score (nSPS) is 20.3. The van der Waals surface area contributed by atoms with Crippen LogP contribution in [0.1, 0.15) is 16.8 Å². The Hall–Kier alpha value is -3.78. The highest BCUT2D eigenvalue weighted by molar-refractivity contribution is 6.12. The summed E-state index contributed by atoms with van der Waals surface area (Å²) in [5.41, 5.74) is 2.51. The van der Waals surface area contributed by atoms with Crippen molar-refractivity contribution in [3.63, 3.8) is 0 Å². The van der Waals surface area contributed by atoms with E-state index in [2.05, 4.69) is 15.3 Å². The van der Waals surface area contributed by atoms with Gasteiger partial charge in [0.1, 0.15) is 17.4 Å². The van der Waals surface area contributed by atoms with Crippen LogP contribution in [-0.2, 0) is 10.3 Å². The largest absolute Gasteiger partial charge is 0.495 e. The second-order valence-corrected chi connectivity index (χ2v) is 8.16. The van der Waals surface area contributed by atoms with Gasteiger partial charge in [0.25, 0.3) is 5.91 Å². The van der Waals surface area contributed by atoms with Crippen LogP contribution in [-0.4, -0.2) is 52.9 Å². The second kappa shape index (κ2) is 8.29. The third-order valence-corrected chi connectivity index (χ3v) is 6.14. The minimum atomic E-state index is -0.952. The highest BCUT2D eigenvalue weighted by atomic mass is 19.1. The van der Waals surface area contributed by atoms with Crippen LogP contribution in [0.2, 0.25) is 0 Å². The number of hydrogen-bond acceptors (Lipinski definition) is 5. The SMILES string of the molecule is COc1cc(/C=C/C2=NC(=O)C3(c4ccc(F)cc4)CNCCN23)ccc1-n1cnc(C)c1. The van der Waals surface area contributed by atoms with Crippen molar-refractivity contribution in [2.45, 2.75) is 12.5 Å². The van der Waals surface area contributed by atoms with Gasteiger partial charge in [0.2, 0.25) is 0 Å². The number of fused-ring (bicyclic) bond motifs is 1. The van der Waals surface area contributed by atoms with Gasteiger partial charge in [0, 0.05) is 25.8 Å². The lowest BCUT2D eigenvalue weighted by molar-refractivity contribution is -0.126. The zero-order valence-electron chi connectivity index (χ0n) is 18.5. The number of nitrogens with one attached hydrogen (secondary N) is 1.